The molecule has 8 aromatic carbocycles. The SMILES string of the molecule is CC(C)(C)c1cc2c3c(c1)-c1cc(C(C)(C)C)cc4c1Cc1c-4cc(C(C)(C)C)cc1-c1cc(C(C)(C)C)cc4c1Cc1c-4cc(C(C)(C)C)cc1-c1cc(C(C)(C)C)cc4c1Cc1c-4cc(C(C)(C)C)cc1-c1cc(C(C)(C)C)cc-2c1C3. The molecule has 13 rings (SSSR count). The lowest BCUT2D eigenvalue weighted by Crippen LogP contribution is -2.14. The van der Waals surface area contributed by atoms with Crippen LogP contribution in [0.25, 0.3) is 89.0 Å². The largest absolute Gasteiger partial charge is 0.0561 e. The Labute approximate surface area is 507 Å². The zero-order valence-electron chi connectivity index (χ0n) is 56.1. The molecule has 8 aromatic rings. The van der Waals surface area contributed by atoms with Crippen molar-refractivity contribution in [1.82, 2.24) is 0 Å². The molecule has 0 N–H and O–H groups in total. The van der Waals surface area contributed by atoms with Crippen LogP contribution in [0.1, 0.15) is 255 Å². The van der Waals surface area contributed by atoms with Crippen LogP contribution in [-0.2, 0) is 69.0 Å². The van der Waals surface area contributed by atoms with E-state index in [0.717, 1.165) is 25.7 Å². The Kier molecular flexibility index (Phi) is 12.0. The first-order chi connectivity index (χ1) is 38.6. The number of benzene rings is 8. The van der Waals surface area contributed by atoms with Gasteiger partial charge in [0.2, 0.25) is 0 Å². The zero-order chi connectivity index (χ0) is 60.6. The first kappa shape index (κ1) is 56.9. The first-order valence-corrected chi connectivity index (χ1v) is 32.1. The standard InChI is InChI=1S/C84H96/c1-77(2,3)45-25-53-54-26-46(78(4,5)6)35-63-64-36-49(81(13,14)15)29-57-58-30-51(83(19,20)21)39-67(74(58)43-73(57)64)68-40-52(84(22,23)24)32-60-59-31-50(82(16,17)18)38-66(75(59)44-76(60)68)65-37-48(80(10,11)12)28-56-55-27-47(79(7,8)9)34-62(71(55)42-72(56)65)61(33-45)69(53)41-70(54)63/h25-40H,41-44H2,1-24H3. The van der Waals surface area contributed by atoms with Crippen LogP contribution < -0.4 is 0 Å². The van der Waals surface area contributed by atoms with Gasteiger partial charge in [-0.3, -0.25) is 0 Å². The van der Waals surface area contributed by atoms with Gasteiger partial charge in [0.1, 0.15) is 0 Å². The monoisotopic (exact) mass is 1100 g/mol. The fourth-order valence-electron chi connectivity index (χ4n) is 14.9. The first-order valence-electron chi connectivity index (χ1n) is 32.1. The molecule has 0 heteroatoms. The van der Waals surface area contributed by atoms with Crippen LogP contribution in [-0.4, -0.2) is 0 Å². The molecular weight excluding hydrogens is 1010 g/mol. The Morgan fingerprint density at radius 2 is 0.214 bits per heavy atom. The third kappa shape index (κ3) is 8.93. The minimum atomic E-state index is -0.0774. The molecule has 24 bridgehead atoms. The second-order valence-electron chi connectivity index (χ2n) is 35.1. The van der Waals surface area contributed by atoms with Gasteiger partial charge in [-0.1, -0.05) is 263 Å². The Bertz CT molecular complexity index is 3390. The summed E-state index contributed by atoms with van der Waals surface area (Å²) in [5.74, 6) is 0. The summed E-state index contributed by atoms with van der Waals surface area (Å²) >= 11 is 0. The Morgan fingerprint density at radius 3 is 0.274 bits per heavy atom. The van der Waals surface area contributed by atoms with E-state index in [9.17, 15) is 0 Å². The van der Waals surface area contributed by atoms with Crippen molar-refractivity contribution in [2.45, 2.75) is 235 Å². The number of hydrogen-bond acceptors (Lipinski definition) is 0. The maximum Gasteiger partial charge on any atom is -0.000111 e. The lowest BCUT2D eigenvalue weighted by atomic mass is 9.78. The minimum absolute atomic E-state index is 0.0774. The molecule has 0 saturated carbocycles. The second-order valence-corrected chi connectivity index (χ2v) is 35.1. The van der Waals surface area contributed by atoms with Crippen LogP contribution in [0.5, 0.6) is 0 Å². The average Bonchev–Trinajstić information content (AvgIpc) is 1.95. The van der Waals surface area contributed by atoms with Crippen molar-refractivity contribution in [3.63, 3.8) is 0 Å². The van der Waals surface area contributed by atoms with Crippen molar-refractivity contribution in [2.75, 3.05) is 0 Å². The molecule has 84 heavy (non-hydrogen) atoms. The molecule has 5 aliphatic rings. The van der Waals surface area contributed by atoms with Crippen molar-refractivity contribution < 1.29 is 0 Å². The van der Waals surface area contributed by atoms with E-state index in [0.29, 0.717) is 0 Å². The van der Waals surface area contributed by atoms with Crippen LogP contribution in [0.3, 0.4) is 0 Å². The molecule has 432 valence electrons. The normalized spacial score (nSPS) is 15.0. The second kappa shape index (κ2) is 17.7. The van der Waals surface area contributed by atoms with Gasteiger partial charge < -0.3 is 0 Å². The van der Waals surface area contributed by atoms with Crippen LogP contribution in [0.2, 0.25) is 0 Å². The van der Waals surface area contributed by atoms with Crippen molar-refractivity contribution in [1.29, 1.82) is 0 Å². The summed E-state index contributed by atoms with van der Waals surface area (Å²) in [4.78, 5) is 0. The van der Waals surface area contributed by atoms with Crippen molar-refractivity contribution >= 4 is 0 Å². The van der Waals surface area contributed by atoms with E-state index in [1.165, 1.54) is 178 Å². The van der Waals surface area contributed by atoms with Crippen LogP contribution in [0.15, 0.2) is 97.1 Å². The highest BCUT2D eigenvalue weighted by molar-refractivity contribution is 6.00. The van der Waals surface area contributed by atoms with E-state index >= 15 is 0 Å². The maximum absolute atomic E-state index is 2.65. The third-order valence-corrected chi connectivity index (χ3v) is 20.7. The van der Waals surface area contributed by atoms with Crippen molar-refractivity contribution in [2.24, 2.45) is 0 Å². The summed E-state index contributed by atoms with van der Waals surface area (Å²) < 4.78 is 0. The molecule has 0 heterocycles. The van der Waals surface area contributed by atoms with Gasteiger partial charge >= 0.3 is 0 Å². The van der Waals surface area contributed by atoms with Gasteiger partial charge in [-0.25, -0.2) is 0 Å². The molecule has 0 aliphatic heterocycles. The van der Waals surface area contributed by atoms with Gasteiger partial charge in [0, 0.05) is 0 Å². The summed E-state index contributed by atoms with van der Waals surface area (Å²) in [7, 11) is 0. The van der Waals surface area contributed by atoms with E-state index in [4.69, 9.17) is 0 Å². The molecular formula is C84H96. The summed E-state index contributed by atoms with van der Waals surface area (Å²) in [6.07, 6.45) is 3.57. The lowest BCUT2D eigenvalue weighted by molar-refractivity contribution is 0.589. The molecule has 0 nitrogen and oxygen atoms in total. The Hall–Kier alpha value is -6.24. The summed E-state index contributed by atoms with van der Waals surface area (Å²) in [5, 5.41) is 0. The van der Waals surface area contributed by atoms with E-state index in [1.54, 1.807) is 0 Å². The fraction of sp³-hybridized carbons (Fsp3) is 0.429. The van der Waals surface area contributed by atoms with Crippen molar-refractivity contribution in [3.05, 3.63) is 186 Å². The van der Waals surface area contributed by atoms with Gasteiger partial charge in [-0.05, 0) is 247 Å². The fourth-order valence-corrected chi connectivity index (χ4v) is 14.9. The molecule has 5 aliphatic carbocycles. The Morgan fingerprint density at radius 1 is 0.143 bits per heavy atom. The summed E-state index contributed by atoms with van der Waals surface area (Å²) in [6, 6.07) is 42.2. The summed E-state index contributed by atoms with van der Waals surface area (Å²) in [6.45, 7) is 58.3. The topological polar surface area (TPSA) is 0 Å². The predicted octanol–water partition coefficient (Wildman–Crippen LogP) is 23.3. The molecule has 0 unspecified atom stereocenters. The smallest absolute Gasteiger partial charge is 0.000111 e. The summed E-state index contributed by atoms with van der Waals surface area (Å²) in [5.41, 5.74) is 45.3. The highest BCUT2D eigenvalue weighted by atomic mass is 14.4. The maximum atomic E-state index is 2.65. The predicted molar refractivity (Wildman–Crippen MR) is 364 cm³/mol. The molecule has 0 amide bonds. The molecule has 0 aromatic heterocycles. The third-order valence-electron chi connectivity index (χ3n) is 20.7. The van der Waals surface area contributed by atoms with Crippen molar-refractivity contribution in [3.8, 4) is 89.0 Å². The van der Waals surface area contributed by atoms with E-state index < -0.39 is 0 Å². The molecule has 0 saturated heterocycles. The van der Waals surface area contributed by atoms with Gasteiger partial charge in [-0.2, -0.15) is 0 Å². The van der Waals surface area contributed by atoms with Gasteiger partial charge in [-0.15, -0.1) is 0 Å². The number of rotatable bonds is 0. The molecule has 0 atom stereocenters. The minimum Gasteiger partial charge on any atom is -0.0561 e. The highest BCUT2D eigenvalue weighted by Crippen LogP contribution is 2.59. The van der Waals surface area contributed by atoms with E-state index in [2.05, 4.69) is 263 Å². The number of fused-ring (bicyclic) bond motifs is 4. The van der Waals surface area contributed by atoms with E-state index in [-0.39, 0.29) is 43.3 Å². The molecule has 0 fully saturated rings. The Balaban J connectivity index is 1.25. The zero-order valence-corrected chi connectivity index (χ0v) is 56.1. The van der Waals surface area contributed by atoms with Crippen LogP contribution in [0.4, 0.5) is 0 Å². The van der Waals surface area contributed by atoms with Gasteiger partial charge in [0.15, 0.2) is 0 Å². The van der Waals surface area contributed by atoms with Gasteiger partial charge in [0.25, 0.3) is 0 Å². The number of hydrogen-bond donors (Lipinski definition) is 0. The highest BCUT2D eigenvalue weighted by Gasteiger charge is 2.40. The molecule has 0 radical (unpaired) electrons. The lowest BCUT2D eigenvalue weighted by Gasteiger charge is -2.27. The van der Waals surface area contributed by atoms with Crippen LogP contribution in [0, 0.1) is 0 Å². The molecule has 0 spiro atoms. The average molecular weight is 1110 g/mol. The van der Waals surface area contributed by atoms with Crippen LogP contribution >= 0.6 is 0 Å². The quantitative estimate of drug-likeness (QED) is 0.142. The van der Waals surface area contributed by atoms with Gasteiger partial charge in [0.05, 0.1) is 0 Å². The van der Waals surface area contributed by atoms with E-state index in [1.807, 2.05) is 0 Å².